The van der Waals surface area contributed by atoms with Crippen LogP contribution >= 0.6 is 0 Å². The van der Waals surface area contributed by atoms with Crippen LogP contribution in [-0.4, -0.2) is 26.3 Å². The summed E-state index contributed by atoms with van der Waals surface area (Å²) in [5, 5.41) is 3.49. The molecule has 1 aliphatic carbocycles. The molecule has 13 heavy (non-hydrogen) atoms. The topological polar surface area (TPSA) is 21.3 Å². The Morgan fingerprint density at radius 3 is 2.46 bits per heavy atom. The lowest BCUT2D eigenvalue weighted by Crippen LogP contribution is -2.37. The molecule has 1 aliphatic heterocycles. The molecule has 0 aromatic carbocycles. The average molecular weight is 183 g/mol. The van der Waals surface area contributed by atoms with Gasteiger partial charge in [-0.2, -0.15) is 0 Å². The smallest absolute Gasteiger partial charge is 0.0469 e. The van der Waals surface area contributed by atoms with Gasteiger partial charge in [0.15, 0.2) is 0 Å². The van der Waals surface area contributed by atoms with Gasteiger partial charge in [0.25, 0.3) is 0 Å². The van der Waals surface area contributed by atoms with Crippen LogP contribution in [0.3, 0.4) is 0 Å². The summed E-state index contributed by atoms with van der Waals surface area (Å²) in [7, 11) is 2.11. The third-order valence-corrected chi connectivity index (χ3v) is 3.49. The van der Waals surface area contributed by atoms with Crippen molar-refractivity contribution in [3.05, 3.63) is 0 Å². The van der Waals surface area contributed by atoms with E-state index in [1.165, 1.54) is 32.1 Å². The molecule has 76 valence electrons. The van der Waals surface area contributed by atoms with E-state index in [9.17, 15) is 0 Å². The maximum Gasteiger partial charge on any atom is 0.0469 e. The van der Waals surface area contributed by atoms with Crippen molar-refractivity contribution < 1.29 is 4.74 Å². The Morgan fingerprint density at radius 1 is 1.23 bits per heavy atom. The van der Waals surface area contributed by atoms with Crippen molar-refractivity contribution in [2.45, 2.75) is 38.1 Å². The van der Waals surface area contributed by atoms with Gasteiger partial charge in [0.2, 0.25) is 0 Å². The van der Waals surface area contributed by atoms with Crippen LogP contribution in [-0.2, 0) is 4.74 Å². The molecule has 1 saturated carbocycles. The molecule has 1 atom stereocenters. The quantitative estimate of drug-likeness (QED) is 0.717. The fraction of sp³-hybridized carbons (Fsp3) is 1.00. The maximum absolute atomic E-state index is 5.39. The first-order chi connectivity index (χ1) is 6.40. The monoisotopic (exact) mass is 183 g/mol. The third-order valence-electron chi connectivity index (χ3n) is 3.49. The SMILES string of the molecule is CNC(CC1CC1)C1CCOCC1. The molecule has 0 aromatic heterocycles. The minimum atomic E-state index is 0.761. The minimum absolute atomic E-state index is 0.761. The fourth-order valence-electron chi connectivity index (χ4n) is 2.38. The molecule has 0 amide bonds. The molecule has 0 radical (unpaired) electrons. The standard InChI is InChI=1S/C11H21NO/c1-12-11(8-9-2-3-9)10-4-6-13-7-5-10/h9-12H,2-8H2,1H3. The number of rotatable bonds is 4. The van der Waals surface area contributed by atoms with Gasteiger partial charge in [-0.05, 0) is 38.1 Å². The van der Waals surface area contributed by atoms with E-state index in [1.54, 1.807) is 0 Å². The van der Waals surface area contributed by atoms with E-state index in [4.69, 9.17) is 4.74 Å². The summed E-state index contributed by atoms with van der Waals surface area (Å²) >= 11 is 0. The van der Waals surface area contributed by atoms with Crippen LogP contribution in [0.4, 0.5) is 0 Å². The highest BCUT2D eigenvalue weighted by molar-refractivity contribution is 4.84. The second-order valence-corrected chi connectivity index (χ2v) is 4.52. The lowest BCUT2D eigenvalue weighted by molar-refractivity contribution is 0.0529. The molecule has 0 spiro atoms. The zero-order valence-electron chi connectivity index (χ0n) is 8.59. The molecule has 2 fully saturated rings. The predicted molar refractivity (Wildman–Crippen MR) is 53.7 cm³/mol. The molecule has 2 aliphatic rings. The van der Waals surface area contributed by atoms with Crippen LogP contribution in [0.2, 0.25) is 0 Å². The minimum Gasteiger partial charge on any atom is -0.381 e. The van der Waals surface area contributed by atoms with Gasteiger partial charge in [-0.15, -0.1) is 0 Å². The summed E-state index contributed by atoms with van der Waals surface area (Å²) in [6.45, 7) is 1.96. The van der Waals surface area contributed by atoms with E-state index < -0.39 is 0 Å². The zero-order valence-corrected chi connectivity index (χ0v) is 8.59. The fourth-order valence-corrected chi connectivity index (χ4v) is 2.38. The molecule has 1 unspecified atom stereocenters. The Labute approximate surface area is 81.0 Å². The molecule has 1 saturated heterocycles. The van der Waals surface area contributed by atoms with Gasteiger partial charge in [-0.1, -0.05) is 12.8 Å². The Bertz CT molecular complexity index is 150. The molecule has 2 rings (SSSR count). The summed E-state index contributed by atoms with van der Waals surface area (Å²) in [6.07, 6.45) is 6.88. The molecule has 2 heteroatoms. The summed E-state index contributed by atoms with van der Waals surface area (Å²) in [5.41, 5.74) is 0. The first-order valence-corrected chi connectivity index (χ1v) is 5.65. The Kier molecular flexibility index (Phi) is 3.23. The largest absolute Gasteiger partial charge is 0.381 e. The van der Waals surface area contributed by atoms with Crippen molar-refractivity contribution in [2.75, 3.05) is 20.3 Å². The van der Waals surface area contributed by atoms with Crippen molar-refractivity contribution in [2.24, 2.45) is 11.8 Å². The van der Waals surface area contributed by atoms with Gasteiger partial charge in [0.1, 0.15) is 0 Å². The van der Waals surface area contributed by atoms with Crippen LogP contribution in [0.5, 0.6) is 0 Å². The average Bonchev–Trinajstić information content (AvgIpc) is 2.99. The highest BCUT2D eigenvalue weighted by atomic mass is 16.5. The third kappa shape index (κ3) is 2.68. The Hall–Kier alpha value is -0.0800. The van der Waals surface area contributed by atoms with Gasteiger partial charge < -0.3 is 10.1 Å². The predicted octanol–water partition coefficient (Wildman–Crippen LogP) is 1.80. The zero-order chi connectivity index (χ0) is 9.10. The van der Waals surface area contributed by atoms with Gasteiger partial charge in [-0.25, -0.2) is 0 Å². The van der Waals surface area contributed by atoms with E-state index in [-0.39, 0.29) is 0 Å². The molecule has 0 aromatic rings. The van der Waals surface area contributed by atoms with Crippen LogP contribution in [0.15, 0.2) is 0 Å². The van der Waals surface area contributed by atoms with E-state index >= 15 is 0 Å². The number of nitrogens with one attached hydrogen (secondary N) is 1. The van der Waals surface area contributed by atoms with E-state index in [2.05, 4.69) is 12.4 Å². The first kappa shape index (κ1) is 9.47. The second-order valence-electron chi connectivity index (χ2n) is 4.52. The molecular formula is C11H21NO. The van der Waals surface area contributed by atoms with Crippen LogP contribution < -0.4 is 5.32 Å². The van der Waals surface area contributed by atoms with E-state index in [1.807, 2.05) is 0 Å². The number of hydrogen-bond acceptors (Lipinski definition) is 2. The first-order valence-electron chi connectivity index (χ1n) is 5.65. The lowest BCUT2D eigenvalue weighted by atomic mass is 9.88. The van der Waals surface area contributed by atoms with E-state index in [0.717, 1.165) is 31.1 Å². The maximum atomic E-state index is 5.39. The van der Waals surface area contributed by atoms with Gasteiger partial charge in [0.05, 0.1) is 0 Å². The normalized spacial score (nSPS) is 27.5. The van der Waals surface area contributed by atoms with Crippen molar-refractivity contribution in [3.8, 4) is 0 Å². The number of ether oxygens (including phenoxy) is 1. The van der Waals surface area contributed by atoms with Crippen molar-refractivity contribution in [3.63, 3.8) is 0 Å². The number of hydrogen-bond donors (Lipinski definition) is 1. The summed E-state index contributed by atoms with van der Waals surface area (Å²) in [6, 6.07) is 0.761. The van der Waals surface area contributed by atoms with Gasteiger partial charge in [0, 0.05) is 19.3 Å². The van der Waals surface area contributed by atoms with Crippen LogP contribution in [0, 0.1) is 11.8 Å². The molecule has 2 nitrogen and oxygen atoms in total. The summed E-state index contributed by atoms with van der Waals surface area (Å²) in [5.74, 6) is 1.92. The van der Waals surface area contributed by atoms with Gasteiger partial charge in [-0.3, -0.25) is 0 Å². The molecule has 1 heterocycles. The van der Waals surface area contributed by atoms with Crippen molar-refractivity contribution in [1.29, 1.82) is 0 Å². The highest BCUT2D eigenvalue weighted by Gasteiger charge is 2.29. The summed E-state index contributed by atoms with van der Waals surface area (Å²) in [4.78, 5) is 0. The summed E-state index contributed by atoms with van der Waals surface area (Å²) < 4.78 is 5.39. The van der Waals surface area contributed by atoms with Crippen LogP contribution in [0.1, 0.15) is 32.1 Å². The van der Waals surface area contributed by atoms with E-state index in [0.29, 0.717) is 0 Å². The van der Waals surface area contributed by atoms with Gasteiger partial charge >= 0.3 is 0 Å². The van der Waals surface area contributed by atoms with Crippen molar-refractivity contribution >= 4 is 0 Å². The lowest BCUT2D eigenvalue weighted by Gasteiger charge is -2.30. The second kappa shape index (κ2) is 4.43. The highest BCUT2D eigenvalue weighted by Crippen LogP contribution is 2.36. The van der Waals surface area contributed by atoms with Crippen molar-refractivity contribution in [1.82, 2.24) is 5.32 Å². The Balaban J connectivity index is 1.78. The molecular weight excluding hydrogens is 162 g/mol. The molecule has 1 N–H and O–H groups in total. The van der Waals surface area contributed by atoms with Crippen LogP contribution in [0.25, 0.3) is 0 Å². The Morgan fingerprint density at radius 2 is 1.92 bits per heavy atom. The molecule has 0 bridgehead atoms.